The molecule has 0 aliphatic rings. The Morgan fingerprint density at radius 3 is 2.29 bits per heavy atom. The van der Waals surface area contributed by atoms with Crippen molar-refractivity contribution >= 4 is 0 Å². The summed E-state index contributed by atoms with van der Waals surface area (Å²) in [6.07, 6.45) is 6.56. The predicted octanol–water partition coefficient (Wildman–Crippen LogP) is 3.52. The van der Waals surface area contributed by atoms with Crippen molar-refractivity contribution in [1.29, 1.82) is 0 Å². The fourth-order valence-corrected chi connectivity index (χ4v) is 1.56. The molecule has 0 heteroatoms. The molecule has 14 heavy (non-hydrogen) atoms. The van der Waals surface area contributed by atoms with Crippen LogP contribution in [0.4, 0.5) is 0 Å². The van der Waals surface area contributed by atoms with Gasteiger partial charge in [0.05, 0.1) is 0 Å². The lowest BCUT2D eigenvalue weighted by molar-refractivity contribution is 1.12. The van der Waals surface area contributed by atoms with Gasteiger partial charge in [-0.05, 0) is 42.9 Å². The van der Waals surface area contributed by atoms with Gasteiger partial charge in [0.2, 0.25) is 0 Å². The summed E-state index contributed by atoms with van der Waals surface area (Å²) in [6, 6.07) is 6.54. The van der Waals surface area contributed by atoms with Crippen LogP contribution < -0.4 is 0 Å². The van der Waals surface area contributed by atoms with Crippen molar-refractivity contribution in [1.82, 2.24) is 0 Å². The second-order valence-corrected chi connectivity index (χ2v) is 3.34. The molecule has 0 aromatic heterocycles. The summed E-state index contributed by atoms with van der Waals surface area (Å²) in [5.74, 6) is 0. The first-order valence-electron chi connectivity index (χ1n) is 4.93. The molecule has 0 fully saturated rings. The van der Waals surface area contributed by atoms with Gasteiger partial charge in [0.25, 0.3) is 0 Å². The van der Waals surface area contributed by atoms with Crippen LogP contribution in [0.3, 0.4) is 0 Å². The maximum Gasteiger partial charge on any atom is -0.00974 e. The van der Waals surface area contributed by atoms with E-state index in [1.54, 1.807) is 0 Å². The first-order chi connectivity index (χ1) is 6.81. The van der Waals surface area contributed by atoms with Gasteiger partial charge in [0, 0.05) is 0 Å². The van der Waals surface area contributed by atoms with Gasteiger partial charge in [-0.25, -0.2) is 0 Å². The quantitative estimate of drug-likeness (QED) is 0.616. The Morgan fingerprint density at radius 2 is 1.71 bits per heavy atom. The van der Waals surface area contributed by atoms with Gasteiger partial charge in [-0.3, -0.25) is 0 Å². The fourth-order valence-electron chi connectivity index (χ4n) is 1.56. The van der Waals surface area contributed by atoms with Crippen molar-refractivity contribution in [2.45, 2.75) is 19.3 Å². The maximum absolute atomic E-state index is 3.94. The van der Waals surface area contributed by atoms with E-state index in [2.05, 4.69) is 38.3 Å². The molecule has 1 radical (unpaired) electrons. The molecule has 0 N–H and O–H groups in total. The zero-order valence-corrected chi connectivity index (χ0v) is 8.63. The molecule has 1 aromatic rings. The highest BCUT2D eigenvalue weighted by molar-refractivity contribution is 5.34. The zero-order chi connectivity index (χ0) is 10.4. The summed E-state index contributed by atoms with van der Waals surface area (Å²) in [5, 5.41) is 0. The van der Waals surface area contributed by atoms with E-state index in [4.69, 9.17) is 0 Å². The first kappa shape index (κ1) is 10.8. The summed E-state index contributed by atoms with van der Waals surface area (Å²) in [7, 11) is 0. The lowest BCUT2D eigenvalue weighted by Gasteiger charge is -2.07. The van der Waals surface area contributed by atoms with Gasteiger partial charge < -0.3 is 0 Å². The Kier molecular flexibility index (Phi) is 4.18. The molecule has 0 saturated heterocycles. The third-order valence-electron chi connectivity index (χ3n) is 2.28. The summed E-state index contributed by atoms with van der Waals surface area (Å²) < 4.78 is 0. The highest BCUT2D eigenvalue weighted by atomic mass is 14.0. The summed E-state index contributed by atoms with van der Waals surface area (Å²) >= 11 is 0. The molecule has 1 aromatic carbocycles. The van der Waals surface area contributed by atoms with E-state index in [-0.39, 0.29) is 0 Å². The van der Waals surface area contributed by atoms with Crippen LogP contribution in [0, 0.1) is 6.92 Å². The normalized spacial score (nSPS) is 9.79. The molecule has 0 aliphatic heterocycles. The van der Waals surface area contributed by atoms with Crippen molar-refractivity contribution in [3.05, 3.63) is 67.1 Å². The van der Waals surface area contributed by atoms with E-state index in [1.165, 1.54) is 16.7 Å². The standard InChI is InChI=1S/C14H17/c1-4-7-12-9-10-14(8-5-2)13(6-3)11-12/h4-5,9-11H,1-3,6-8H2. The molecule has 73 valence electrons. The van der Waals surface area contributed by atoms with Gasteiger partial charge in [-0.15, -0.1) is 13.2 Å². The maximum atomic E-state index is 3.94. The van der Waals surface area contributed by atoms with Crippen LogP contribution in [0.5, 0.6) is 0 Å². The monoisotopic (exact) mass is 185 g/mol. The number of rotatable bonds is 5. The van der Waals surface area contributed by atoms with Gasteiger partial charge in [-0.1, -0.05) is 30.4 Å². The third-order valence-corrected chi connectivity index (χ3v) is 2.28. The van der Waals surface area contributed by atoms with Crippen LogP contribution >= 0.6 is 0 Å². The molecule has 0 aliphatic carbocycles. The molecule has 0 amide bonds. The van der Waals surface area contributed by atoms with E-state index in [0.29, 0.717) is 0 Å². The minimum absolute atomic E-state index is 0.841. The predicted molar refractivity (Wildman–Crippen MR) is 63.3 cm³/mol. The lowest BCUT2D eigenvalue weighted by atomic mass is 9.98. The molecule has 0 atom stereocenters. The van der Waals surface area contributed by atoms with Crippen molar-refractivity contribution < 1.29 is 0 Å². The Balaban J connectivity index is 2.97. The number of allylic oxidation sites excluding steroid dienone is 2. The Bertz CT molecular complexity index is 321. The highest BCUT2D eigenvalue weighted by Crippen LogP contribution is 2.14. The summed E-state index contributed by atoms with van der Waals surface area (Å²) in [5.41, 5.74) is 3.97. The van der Waals surface area contributed by atoms with E-state index >= 15 is 0 Å². The molecule has 0 spiro atoms. The molecular weight excluding hydrogens is 168 g/mol. The number of benzene rings is 1. The van der Waals surface area contributed by atoms with Crippen molar-refractivity contribution in [2.24, 2.45) is 0 Å². The second kappa shape index (κ2) is 5.43. The van der Waals surface area contributed by atoms with E-state index in [9.17, 15) is 0 Å². The van der Waals surface area contributed by atoms with Crippen LogP contribution in [-0.2, 0) is 19.3 Å². The second-order valence-electron chi connectivity index (χ2n) is 3.34. The van der Waals surface area contributed by atoms with Crippen LogP contribution in [0.15, 0.2) is 43.5 Å². The molecule has 1 rings (SSSR count). The van der Waals surface area contributed by atoms with E-state index in [0.717, 1.165) is 19.3 Å². The molecule has 0 saturated carbocycles. The topological polar surface area (TPSA) is 0 Å². The summed E-state index contributed by atoms with van der Waals surface area (Å²) in [4.78, 5) is 0. The van der Waals surface area contributed by atoms with Gasteiger partial charge in [-0.2, -0.15) is 0 Å². The Morgan fingerprint density at radius 1 is 1.00 bits per heavy atom. The minimum atomic E-state index is 0.841. The highest BCUT2D eigenvalue weighted by Gasteiger charge is 2.00. The van der Waals surface area contributed by atoms with Crippen LogP contribution in [0.25, 0.3) is 0 Å². The van der Waals surface area contributed by atoms with Gasteiger partial charge >= 0.3 is 0 Å². The Hall–Kier alpha value is -1.30. The van der Waals surface area contributed by atoms with Crippen molar-refractivity contribution in [3.63, 3.8) is 0 Å². The minimum Gasteiger partial charge on any atom is -0.103 e. The van der Waals surface area contributed by atoms with Crippen molar-refractivity contribution in [3.8, 4) is 0 Å². The molecule has 0 bridgehead atoms. The zero-order valence-electron chi connectivity index (χ0n) is 8.63. The SMILES string of the molecule is [CH2]Cc1cc(CC=C)ccc1CC=C. The molecule has 0 unspecified atom stereocenters. The molecular formula is C14H17. The Labute approximate surface area is 87.0 Å². The van der Waals surface area contributed by atoms with Gasteiger partial charge in [0.1, 0.15) is 0 Å². The number of hydrogen-bond donors (Lipinski definition) is 0. The summed E-state index contributed by atoms with van der Waals surface area (Å²) in [6.45, 7) is 11.4. The van der Waals surface area contributed by atoms with Crippen LogP contribution in [0.2, 0.25) is 0 Å². The average Bonchev–Trinajstić information content (AvgIpc) is 2.21. The smallest absolute Gasteiger partial charge is 0.00974 e. The van der Waals surface area contributed by atoms with Crippen LogP contribution in [0.1, 0.15) is 16.7 Å². The first-order valence-corrected chi connectivity index (χ1v) is 4.93. The van der Waals surface area contributed by atoms with E-state index < -0.39 is 0 Å². The van der Waals surface area contributed by atoms with E-state index in [1.807, 2.05) is 12.2 Å². The largest absolute Gasteiger partial charge is 0.103 e. The van der Waals surface area contributed by atoms with Gasteiger partial charge in [0.15, 0.2) is 0 Å². The average molecular weight is 185 g/mol. The molecule has 0 nitrogen and oxygen atoms in total. The lowest BCUT2D eigenvalue weighted by Crippen LogP contribution is -1.93. The molecule has 0 heterocycles. The number of hydrogen-bond acceptors (Lipinski definition) is 0. The fraction of sp³-hybridized carbons (Fsp3) is 0.214. The third kappa shape index (κ3) is 2.59. The van der Waals surface area contributed by atoms with Crippen LogP contribution in [-0.4, -0.2) is 0 Å². The van der Waals surface area contributed by atoms with Crippen molar-refractivity contribution in [2.75, 3.05) is 0 Å².